The normalized spacial score (nSPS) is 11.1. The zero-order chi connectivity index (χ0) is 16.0. The van der Waals surface area contributed by atoms with Gasteiger partial charge in [0, 0.05) is 11.2 Å². The molecule has 0 atom stereocenters. The lowest BCUT2D eigenvalue weighted by atomic mass is 10.0. The minimum Gasteiger partial charge on any atom is -0.376 e. The second-order valence-electron chi connectivity index (χ2n) is 6.38. The molecular weight excluding hydrogens is 266 g/mol. The minimum absolute atomic E-state index is 0.0542. The number of hydrogen-bond acceptors (Lipinski definition) is 3. The molecule has 5 heteroatoms. The van der Waals surface area contributed by atoms with E-state index in [1.54, 1.807) is 0 Å². The fourth-order valence-corrected chi connectivity index (χ4v) is 1.71. The van der Waals surface area contributed by atoms with Crippen molar-refractivity contribution in [2.45, 2.75) is 46.1 Å². The summed E-state index contributed by atoms with van der Waals surface area (Å²) < 4.78 is 0. The molecule has 0 unspecified atom stereocenters. The summed E-state index contributed by atoms with van der Waals surface area (Å²) in [5.74, 6) is 0.105. The highest BCUT2D eigenvalue weighted by molar-refractivity contribution is 5.96. The average Bonchev–Trinajstić information content (AvgIpc) is 2.34. The Bertz CT molecular complexity index is 487. The molecule has 0 bridgehead atoms. The Kier molecular flexibility index (Phi) is 5.76. The SMILES string of the molecule is CC(C)c1ccc(NCC(=O)NC(=O)NC(C)(C)C)cc1. The first-order chi connectivity index (χ1) is 9.67. The molecule has 0 aliphatic carbocycles. The number of hydrogen-bond donors (Lipinski definition) is 3. The van der Waals surface area contributed by atoms with E-state index >= 15 is 0 Å². The fraction of sp³-hybridized carbons (Fsp3) is 0.500. The number of benzene rings is 1. The van der Waals surface area contributed by atoms with Gasteiger partial charge in [-0.15, -0.1) is 0 Å². The molecule has 0 saturated carbocycles. The number of anilines is 1. The molecule has 116 valence electrons. The second kappa shape index (κ2) is 7.11. The van der Waals surface area contributed by atoms with Crippen LogP contribution in [0, 0.1) is 0 Å². The van der Waals surface area contributed by atoms with Crippen LogP contribution in [0.4, 0.5) is 10.5 Å². The molecule has 0 aliphatic rings. The van der Waals surface area contributed by atoms with Crippen molar-refractivity contribution in [1.29, 1.82) is 0 Å². The molecule has 0 heterocycles. The Morgan fingerprint density at radius 3 is 2.14 bits per heavy atom. The number of amides is 3. The Hall–Kier alpha value is -2.04. The molecule has 21 heavy (non-hydrogen) atoms. The van der Waals surface area contributed by atoms with Crippen LogP contribution in [0.1, 0.15) is 46.1 Å². The molecule has 0 fully saturated rings. The van der Waals surface area contributed by atoms with Gasteiger partial charge in [0.2, 0.25) is 5.91 Å². The first-order valence-electron chi connectivity index (χ1n) is 7.13. The van der Waals surface area contributed by atoms with Gasteiger partial charge in [-0.3, -0.25) is 10.1 Å². The summed E-state index contributed by atoms with van der Waals surface area (Å²) in [6.07, 6.45) is 0. The molecule has 0 saturated heterocycles. The van der Waals surface area contributed by atoms with Gasteiger partial charge in [0.25, 0.3) is 0 Å². The smallest absolute Gasteiger partial charge is 0.321 e. The molecule has 0 aliphatic heterocycles. The van der Waals surface area contributed by atoms with Crippen LogP contribution >= 0.6 is 0 Å². The van der Waals surface area contributed by atoms with Crippen LogP contribution in [0.25, 0.3) is 0 Å². The van der Waals surface area contributed by atoms with Crippen LogP contribution in [0.2, 0.25) is 0 Å². The van der Waals surface area contributed by atoms with Crippen molar-refractivity contribution >= 4 is 17.6 Å². The maximum absolute atomic E-state index is 11.7. The van der Waals surface area contributed by atoms with E-state index in [9.17, 15) is 9.59 Å². The van der Waals surface area contributed by atoms with E-state index in [-0.39, 0.29) is 18.0 Å². The number of carbonyl (C=O) groups excluding carboxylic acids is 2. The van der Waals surface area contributed by atoms with Gasteiger partial charge in [0.05, 0.1) is 6.54 Å². The monoisotopic (exact) mass is 291 g/mol. The molecule has 1 rings (SSSR count). The van der Waals surface area contributed by atoms with E-state index in [4.69, 9.17) is 0 Å². The predicted octanol–water partition coefficient (Wildman–Crippen LogP) is 2.85. The van der Waals surface area contributed by atoms with Crippen molar-refractivity contribution in [2.75, 3.05) is 11.9 Å². The first kappa shape index (κ1) is 17.0. The lowest BCUT2D eigenvalue weighted by Crippen LogP contribution is -2.49. The topological polar surface area (TPSA) is 70.2 Å². The zero-order valence-corrected chi connectivity index (χ0v) is 13.4. The Morgan fingerprint density at radius 1 is 1.10 bits per heavy atom. The lowest BCUT2D eigenvalue weighted by Gasteiger charge is -2.20. The molecule has 5 nitrogen and oxygen atoms in total. The van der Waals surface area contributed by atoms with Crippen molar-refractivity contribution in [3.8, 4) is 0 Å². The standard InChI is InChI=1S/C16H25N3O2/c1-11(2)12-6-8-13(9-7-12)17-10-14(20)18-15(21)19-16(3,4)5/h6-9,11,17H,10H2,1-5H3,(H2,18,19,20,21). The summed E-state index contributed by atoms with van der Waals surface area (Å²) in [4.78, 5) is 23.2. The highest BCUT2D eigenvalue weighted by atomic mass is 16.2. The van der Waals surface area contributed by atoms with Crippen molar-refractivity contribution in [3.05, 3.63) is 29.8 Å². The molecule has 3 amide bonds. The molecule has 0 aromatic heterocycles. The van der Waals surface area contributed by atoms with Gasteiger partial charge in [-0.1, -0.05) is 26.0 Å². The van der Waals surface area contributed by atoms with Gasteiger partial charge < -0.3 is 10.6 Å². The molecule has 0 spiro atoms. The van der Waals surface area contributed by atoms with Crippen LogP contribution in [0.3, 0.4) is 0 Å². The van der Waals surface area contributed by atoms with Crippen molar-refractivity contribution in [3.63, 3.8) is 0 Å². The van der Waals surface area contributed by atoms with Crippen LogP contribution in [0.5, 0.6) is 0 Å². The van der Waals surface area contributed by atoms with Gasteiger partial charge in [0.15, 0.2) is 0 Å². The number of carbonyl (C=O) groups is 2. The summed E-state index contributed by atoms with van der Waals surface area (Å²) in [5, 5.41) is 7.94. The molecule has 0 radical (unpaired) electrons. The van der Waals surface area contributed by atoms with Crippen LogP contribution < -0.4 is 16.0 Å². The first-order valence-corrected chi connectivity index (χ1v) is 7.13. The summed E-state index contributed by atoms with van der Waals surface area (Å²) in [5.41, 5.74) is 1.73. The summed E-state index contributed by atoms with van der Waals surface area (Å²) in [6.45, 7) is 9.87. The highest BCUT2D eigenvalue weighted by Crippen LogP contribution is 2.16. The van der Waals surface area contributed by atoms with Gasteiger partial charge in [0.1, 0.15) is 0 Å². The number of urea groups is 1. The van der Waals surface area contributed by atoms with Crippen LogP contribution in [-0.4, -0.2) is 24.0 Å². The zero-order valence-electron chi connectivity index (χ0n) is 13.4. The lowest BCUT2D eigenvalue weighted by molar-refractivity contribution is -0.118. The third-order valence-electron chi connectivity index (χ3n) is 2.77. The van der Waals surface area contributed by atoms with E-state index in [1.165, 1.54) is 5.56 Å². The molecule has 1 aromatic rings. The quantitative estimate of drug-likeness (QED) is 0.799. The van der Waals surface area contributed by atoms with Crippen LogP contribution in [-0.2, 0) is 4.79 Å². The maximum atomic E-state index is 11.7. The van der Waals surface area contributed by atoms with Crippen molar-refractivity contribution in [1.82, 2.24) is 10.6 Å². The largest absolute Gasteiger partial charge is 0.376 e. The van der Waals surface area contributed by atoms with E-state index in [0.29, 0.717) is 5.92 Å². The van der Waals surface area contributed by atoms with Crippen molar-refractivity contribution in [2.24, 2.45) is 0 Å². The maximum Gasteiger partial charge on any atom is 0.321 e. The summed E-state index contributed by atoms with van der Waals surface area (Å²) >= 11 is 0. The number of rotatable bonds is 4. The van der Waals surface area contributed by atoms with Crippen LogP contribution in [0.15, 0.2) is 24.3 Å². The van der Waals surface area contributed by atoms with Gasteiger partial charge in [-0.25, -0.2) is 4.79 Å². The minimum atomic E-state index is -0.482. The van der Waals surface area contributed by atoms with E-state index in [2.05, 4.69) is 29.8 Å². The third kappa shape index (κ3) is 6.79. The molecular formula is C16H25N3O2. The third-order valence-corrected chi connectivity index (χ3v) is 2.77. The van der Waals surface area contributed by atoms with Gasteiger partial charge in [-0.2, -0.15) is 0 Å². The Morgan fingerprint density at radius 2 is 1.67 bits per heavy atom. The van der Waals surface area contributed by atoms with Gasteiger partial charge >= 0.3 is 6.03 Å². The van der Waals surface area contributed by atoms with E-state index in [1.807, 2.05) is 45.0 Å². The Labute approximate surface area is 126 Å². The van der Waals surface area contributed by atoms with Crippen molar-refractivity contribution < 1.29 is 9.59 Å². The summed E-state index contributed by atoms with van der Waals surface area (Å²) in [6, 6.07) is 7.42. The van der Waals surface area contributed by atoms with E-state index in [0.717, 1.165) is 5.69 Å². The average molecular weight is 291 g/mol. The van der Waals surface area contributed by atoms with E-state index < -0.39 is 6.03 Å². The number of imide groups is 1. The number of nitrogens with one attached hydrogen (secondary N) is 3. The van der Waals surface area contributed by atoms with Gasteiger partial charge in [-0.05, 0) is 44.4 Å². The second-order valence-corrected chi connectivity index (χ2v) is 6.38. The predicted molar refractivity (Wildman–Crippen MR) is 85.4 cm³/mol. The molecule has 3 N–H and O–H groups in total. The fourth-order valence-electron chi connectivity index (χ4n) is 1.71. The summed E-state index contributed by atoms with van der Waals surface area (Å²) in [7, 11) is 0. The molecule has 1 aromatic carbocycles. The Balaban J connectivity index is 2.41. The highest BCUT2D eigenvalue weighted by Gasteiger charge is 2.15.